The van der Waals surface area contributed by atoms with Gasteiger partial charge in [-0.3, -0.25) is 0 Å². The SMILES string of the molecule is C=CCCCCCCCC(O)C1C[C@H](O)C(CCCCC)O1. The maximum absolute atomic E-state index is 10.2. The monoisotopic (exact) mass is 312 g/mol. The second kappa shape index (κ2) is 12.1. The molecule has 2 N–H and O–H groups in total. The summed E-state index contributed by atoms with van der Waals surface area (Å²) < 4.78 is 5.88. The third-order valence-corrected chi connectivity index (χ3v) is 4.68. The highest BCUT2D eigenvalue weighted by Crippen LogP contribution is 2.28. The number of hydrogen-bond acceptors (Lipinski definition) is 3. The molecular formula is C19H36O3. The van der Waals surface area contributed by atoms with Crippen LogP contribution < -0.4 is 0 Å². The van der Waals surface area contributed by atoms with E-state index in [9.17, 15) is 10.2 Å². The highest BCUT2D eigenvalue weighted by Gasteiger charge is 2.36. The van der Waals surface area contributed by atoms with E-state index in [1.807, 2.05) is 6.08 Å². The van der Waals surface area contributed by atoms with E-state index in [1.54, 1.807) is 0 Å². The Balaban J connectivity index is 2.10. The average molecular weight is 312 g/mol. The van der Waals surface area contributed by atoms with Gasteiger partial charge in [-0.05, 0) is 25.7 Å². The highest BCUT2D eigenvalue weighted by molar-refractivity contribution is 4.85. The van der Waals surface area contributed by atoms with Gasteiger partial charge in [-0.1, -0.05) is 57.9 Å². The molecule has 1 aliphatic heterocycles. The maximum Gasteiger partial charge on any atom is 0.0864 e. The van der Waals surface area contributed by atoms with Crippen molar-refractivity contribution in [1.29, 1.82) is 0 Å². The minimum absolute atomic E-state index is 0.0647. The van der Waals surface area contributed by atoms with Crippen molar-refractivity contribution >= 4 is 0 Å². The first-order valence-electron chi connectivity index (χ1n) is 9.31. The summed E-state index contributed by atoms with van der Waals surface area (Å²) in [6.07, 6.45) is 13.7. The lowest BCUT2D eigenvalue weighted by atomic mass is 10.0. The standard InChI is InChI=1S/C19H36O3/c1-3-5-7-8-9-10-12-13-16(20)19-15-17(21)18(22-19)14-11-6-4-2/h3,16-21H,1,4-15H2,2H3/t16?,17-,18?,19?/m0/s1. The van der Waals surface area contributed by atoms with Gasteiger partial charge in [0.05, 0.1) is 24.4 Å². The normalized spacial score (nSPS) is 26.2. The fourth-order valence-electron chi connectivity index (χ4n) is 3.22. The summed E-state index contributed by atoms with van der Waals surface area (Å²) in [4.78, 5) is 0. The van der Waals surface area contributed by atoms with E-state index in [4.69, 9.17) is 4.74 Å². The zero-order valence-electron chi connectivity index (χ0n) is 14.4. The van der Waals surface area contributed by atoms with Crippen LogP contribution in [0.15, 0.2) is 12.7 Å². The summed E-state index contributed by atoms with van der Waals surface area (Å²) in [5.41, 5.74) is 0. The Hall–Kier alpha value is -0.380. The molecule has 3 heteroatoms. The Morgan fingerprint density at radius 2 is 1.86 bits per heavy atom. The number of aliphatic hydroxyl groups is 2. The molecule has 1 rings (SSSR count). The molecule has 1 heterocycles. The molecule has 0 saturated carbocycles. The highest BCUT2D eigenvalue weighted by atomic mass is 16.5. The van der Waals surface area contributed by atoms with Crippen molar-refractivity contribution in [3.8, 4) is 0 Å². The molecule has 1 fully saturated rings. The van der Waals surface area contributed by atoms with E-state index < -0.39 is 12.2 Å². The Labute approximate surface area is 136 Å². The van der Waals surface area contributed by atoms with E-state index in [-0.39, 0.29) is 12.2 Å². The molecule has 0 aromatic carbocycles. The predicted octanol–water partition coefficient (Wildman–Crippen LogP) is 4.36. The number of rotatable bonds is 13. The smallest absolute Gasteiger partial charge is 0.0864 e. The second-order valence-electron chi connectivity index (χ2n) is 6.71. The molecule has 3 nitrogen and oxygen atoms in total. The Morgan fingerprint density at radius 1 is 1.14 bits per heavy atom. The van der Waals surface area contributed by atoms with Gasteiger partial charge < -0.3 is 14.9 Å². The number of unbranched alkanes of at least 4 members (excludes halogenated alkanes) is 7. The third-order valence-electron chi connectivity index (χ3n) is 4.68. The van der Waals surface area contributed by atoms with Gasteiger partial charge in [0, 0.05) is 6.42 Å². The lowest BCUT2D eigenvalue weighted by Crippen LogP contribution is -2.26. The minimum Gasteiger partial charge on any atom is -0.390 e. The summed E-state index contributed by atoms with van der Waals surface area (Å²) in [6.45, 7) is 5.91. The Bertz CT molecular complexity index is 280. The number of aliphatic hydroxyl groups excluding tert-OH is 2. The first kappa shape index (κ1) is 19.7. The average Bonchev–Trinajstić information content (AvgIpc) is 2.88. The van der Waals surface area contributed by atoms with Crippen LogP contribution in [0.4, 0.5) is 0 Å². The van der Waals surface area contributed by atoms with E-state index in [0.29, 0.717) is 6.42 Å². The van der Waals surface area contributed by atoms with E-state index in [2.05, 4.69) is 13.5 Å². The quantitative estimate of drug-likeness (QED) is 0.392. The van der Waals surface area contributed by atoms with Gasteiger partial charge in [-0.15, -0.1) is 6.58 Å². The molecule has 4 atom stereocenters. The Morgan fingerprint density at radius 3 is 2.59 bits per heavy atom. The number of hydrogen-bond donors (Lipinski definition) is 2. The lowest BCUT2D eigenvalue weighted by Gasteiger charge is -2.19. The van der Waals surface area contributed by atoms with Gasteiger partial charge in [0.25, 0.3) is 0 Å². The molecule has 130 valence electrons. The largest absolute Gasteiger partial charge is 0.390 e. The van der Waals surface area contributed by atoms with Crippen molar-refractivity contribution in [2.24, 2.45) is 0 Å². The third kappa shape index (κ3) is 7.75. The van der Waals surface area contributed by atoms with Crippen LogP contribution in [0.25, 0.3) is 0 Å². The van der Waals surface area contributed by atoms with Gasteiger partial charge >= 0.3 is 0 Å². The molecule has 0 amide bonds. The fraction of sp³-hybridized carbons (Fsp3) is 0.895. The second-order valence-corrected chi connectivity index (χ2v) is 6.71. The molecule has 0 aliphatic carbocycles. The van der Waals surface area contributed by atoms with Crippen molar-refractivity contribution in [3.63, 3.8) is 0 Å². The van der Waals surface area contributed by atoms with E-state index in [1.165, 1.54) is 38.5 Å². The molecule has 0 bridgehead atoms. The molecule has 0 aromatic rings. The van der Waals surface area contributed by atoms with E-state index in [0.717, 1.165) is 32.1 Å². The molecule has 1 aliphatic rings. The molecule has 0 aromatic heterocycles. The van der Waals surface area contributed by atoms with Crippen LogP contribution in [0.2, 0.25) is 0 Å². The van der Waals surface area contributed by atoms with Crippen molar-refractivity contribution in [1.82, 2.24) is 0 Å². The first-order valence-corrected chi connectivity index (χ1v) is 9.31. The topological polar surface area (TPSA) is 49.7 Å². The van der Waals surface area contributed by atoms with Crippen molar-refractivity contribution < 1.29 is 14.9 Å². The minimum atomic E-state index is -0.418. The molecule has 1 saturated heterocycles. The van der Waals surface area contributed by atoms with Gasteiger partial charge in [0.15, 0.2) is 0 Å². The Kier molecular flexibility index (Phi) is 10.8. The van der Waals surface area contributed by atoms with Crippen LogP contribution in [0, 0.1) is 0 Å². The van der Waals surface area contributed by atoms with Crippen LogP contribution in [-0.4, -0.2) is 34.6 Å². The fourth-order valence-corrected chi connectivity index (χ4v) is 3.22. The molecule has 0 spiro atoms. The van der Waals surface area contributed by atoms with Crippen LogP contribution in [0.5, 0.6) is 0 Å². The summed E-state index contributed by atoms with van der Waals surface area (Å²) >= 11 is 0. The van der Waals surface area contributed by atoms with Crippen molar-refractivity contribution in [2.75, 3.05) is 0 Å². The van der Waals surface area contributed by atoms with Crippen LogP contribution in [0.3, 0.4) is 0 Å². The zero-order chi connectivity index (χ0) is 16.2. The number of ether oxygens (including phenoxy) is 1. The van der Waals surface area contributed by atoms with Gasteiger partial charge in [-0.2, -0.15) is 0 Å². The summed E-state index contributed by atoms with van der Waals surface area (Å²) in [6, 6.07) is 0. The summed E-state index contributed by atoms with van der Waals surface area (Å²) in [5.74, 6) is 0. The molecular weight excluding hydrogens is 276 g/mol. The van der Waals surface area contributed by atoms with Gasteiger partial charge in [-0.25, -0.2) is 0 Å². The summed E-state index contributed by atoms with van der Waals surface area (Å²) in [5, 5.41) is 20.3. The molecule has 3 unspecified atom stereocenters. The van der Waals surface area contributed by atoms with Crippen molar-refractivity contribution in [3.05, 3.63) is 12.7 Å². The van der Waals surface area contributed by atoms with E-state index >= 15 is 0 Å². The van der Waals surface area contributed by atoms with Crippen LogP contribution in [0.1, 0.15) is 84.0 Å². The predicted molar refractivity (Wildman–Crippen MR) is 91.9 cm³/mol. The lowest BCUT2D eigenvalue weighted by molar-refractivity contribution is -0.0498. The summed E-state index contributed by atoms with van der Waals surface area (Å²) in [7, 11) is 0. The zero-order valence-corrected chi connectivity index (χ0v) is 14.4. The van der Waals surface area contributed by atoms with Crippen LogP contribution >= 0.6 is 0 Å². The number of allylic oxidation sites excluding steroid dienone is 1. The van der Waals surface area contributed by atoms with Gasteiger partial charge in [0.1, 0.15) is 0 Å². The van der Waals surface area contributed by atoms with Crippen molar-refractivity contribution in [2.45, 2.75) is 108 Å². The molecule has 22 heavy (non-hydrogen) atoms. The maximum atomic E-state index is 10.2. The van der Waals surface area contributed by atoms with Crippen LogP contribution in [-0.2, 0) is 4.74 Å². The first-order chi connectivity index (χ1) is 10.7. The molecule has 0 radical (unpaired) electrons. The van der Waals surface area contributed by atoms with Gasteiger partial charge in [0.2, 0.25) is 0 Å².